The van der Waals surface area contributed by atoms with Crippen LogP contribution in [0.15, 0.2) is 72.3 Å². The van der Waals surface area contributed by atoms with Crippen LogP contribution in [0.2, 0.25) is 0 Å². The van der Waals surface area contributed by atoms with Crippen molar-refractivity contribution in [2.75, 3.05) is 4.90 Å². The minimum atomic E-state index is -0.894. The minimum Gasteiger partial charge on any atom is -0.507 e. The van der Waals surface area contributed by atoms with Gasteiger partial charge in [-0.05, 0) is 75.2 Å². The Balaban J connectivity index is 1.65. The fourth-order valence-electron chi connectivity index (χ4n) is 5.04. The molecule has 0 spiro atoms. The molecule has 1 fully saturated rings. The van der Waals surface area contributed by atoms with Crippen molar-refractivity contribution in [3.8, 4) is 5.75 Å². The first kappa shape index (κ1) is 25.3. The number of carbonyl (C=O) groups is 3. The maximum atomic E-state index is 13.5. The number of nitrogens with zero attached hydrogens (tertiary/aromatic N) is 1. The lowest BCUT2D eigenvalue weighted by Gasteiger charge is -2.26. The maximum absolute atomic E-state index is 13.5. The molecule has 2 unspecified atom stereocenters. The zero-order valence-electron chi connectivity index (χ0n) is 21.7. The molecule has 1 amide bonds. The lowest BCUT2D eigenvalue weighted by atomic mass is 9.93. The van der Waals surface area contributed by atoms with Crippen LogP contribution < -0.4 is 9.64 Å². The number of ether oxygens (including phenoxy) is 2. The summed E-state index contributed by atoms with van der Waals surface area (Å²) in [6.07, 6.45) is 0.397. The standard InChI is InChI=1S/C31H29NO6/c1-17(2)37-31(36)22-9-6-10-24(16-22)32-27(20-8-5-7-18(3)13-20)26(29(34)30(32)35)28(33)21-11-12-25-23(15-21)14-19(4)38-25/h5-13,15-17,19,27,33H,14H2,1-4H3/b28-26-. The van der Waals surface area contributed by atoms with Gasteiger partial charge in [0.15, 0.2) is 0 Å². The number of anilines is 1. The molecule has 0 aliphatic carbocycles. The Morgan fingerprint density at radius 3 is 2.53 bits per heavy atom. The van der Waals surface area contributed by atoms with E-state index in [4.69, 9.17) is 9.47 Å². The highest BCUT2D eigenvalue weighted by atomic mass is 16.5. The van der Waals surface area contributed by atoms with Crippen LogP contribution in [0.1, 0.15) is 59.4 Å². The number of hydrogen-bond acceptors (Lipinski definition) is 6. The van der Waals surface area contributed by atoms with E-state index in [1.165, 1.54) is 11.0 Å². The molecule has 7 heteroatoms. The van der Waals surface area contributed by atoms with E-state index in [0.29, 0.717) is 23.2 Å². The van der Waals surface area contributed by atoms with Crippen LogP contribution >= 0.6 is 0 Å². The number of Topliss-reactive ketones (excluding diaryl/α,β-unsaturated/α-hetero) is 1. The average molecular weight is 512 g/mol. The van der Waals surface area contributed by atoms with Gasteiger partial charge in [-0.15, -0.1) is 0 Å². The summed E-state index contributed by atoms with van der Waals surface area (Å²) in [4.78, 5) is 40.9. The molecule has 2 atom stereocenters. The monoisotopic (exact) mass is 511 g/mol. The Kier molecular flexibility index (Phi) is 6.53. The second-order valence-electron chi connectivity index (χ2n) is 10.0. The molecule has 1 saturated heterocycles. The summed E-state index contributed by atoms with van der Waals surface area (Å²) in [5.74, 6) is -1.62. The number of hydrogen-bond donors (Lipinski definition) is 1. The Labute approximate surface area is 221 Å². The quantitative estimate of drug-likeness (QED) is 0.210. The molecule has 1 N–H and O–H groups in total. The van der Waals surface area contributed by atoms with Gasteiger partial charge in [-0.2, -0.15) is 0 Å². The Morgan fingerprint density at radius 1 is 1.03 bits per heavy atom. The average Bonchev–Trinajstić information content (AvgIpc) is 3.38. The van der Waals surface area contributed by atoms with Crippen LogP contribution in [0.25, 0.3) is 5.76 Å². The van der Waals surface area contributed by atoms with Crippen molar-refractivity contribution in [1.29, 1.82) is 0 Å². The van der Waals surface area contributed by atoms with E-state index < -0.39 is 23.7 Å². The normalized spacial score (nSPS) is 20.0. The first-order valence-corrected chi connectivity index (χ1v) is 12.6. The summed E-state index contributed by atoms with van der Waals surface area (Å²) in [5, 5.41) is 11.5. The molecule has 0 aromatic heterocycles. The minimum absolute atomic E-state index is 0.0114. The molecular weight excluding hydrogens is 482 g/mol. The number of fused-ring (bicyclic) bond motifs is 1. The van der Waals surface area contributed by atoms with E-state index in [-0.39, 0.29) is 29.1 Å². The van der Waals surface area contributed by atoms with E-state index in [0.717, 1.165) is 16.9 Å². The molecule has 2 heterocycles. The van der Waals surface area contributed by atoms with Gasteiger partial charge in [-0.25, -0.2) is 4.79 Å². The van der Waals surface area contributed by atoms with Gasteiger partial charge < -0.3 is 14.6 Å². The molecule has 0 radical (unpaired) electrons. The van der Waals surface area contributed by atoms with Gasteiger partial charge in [0.2, 0.25) is 0 Å². The molecule has 2 aliphatic rings. The zero-order valence-corrected chi connectivity index (χ0v) is 21.7. The first-order valence-electron chi connectivity index (χ1n) is 12.6. The van der Waals surface area contributed by atoms with Crippen LogP contribution in [-0.4, -0.2) is 35.0 Å². The third kappa shape index (κ3) is 4.56. The number of carbonyl (C=O) groups excluding carboxylic acids is 3. The smallest absolute Gasteiger partial charge is 0.338 e. The second-order valence-corrected chi connectivity index (χ2v) is 10.0. The maximum Gasteiger partial charge on any atom is 0.338 e. The summed E-state index contributed by atoms with van der Waals surface area (Å²) in [5.41, 5.74) is 3.57. The highest BCUT2D eigenvalue weighted by Gasteiger charge is 2.47. The molecule has 7 nitrogen and oxygen atoms in total. The fraction of sp³-hybridized carbons (Fsp3) is 0.258. The van der Waals surface area contributed by atoms with Gasteiger partial charge in [-0.1, -0.05) is 35.9 Å². The third-order valence-electron chi connectivity index (χ3n) is 6.67. The van der Waals surface area contributed by atoms with Gasteiger partial charge in [0.05, 0.1) is 23.3 Å². The van der Waals surface area contributed by atoms with Gasteiger partial charge in [-0.3, -0.25) is 14.5 Å². The summed E-state index contributed by atoms with van der Waals surface area (Å²) in [6, 6.07) is 18.3. The molecular formula is C31H29NO6. The molecule has 3 aromatic carbocycles. The number of ketones is 1. The van der Waals surface area contributed by atoms with E-state index in [9.17, 15) is 19.5 Å². The molecule has 5 rings (SSSR count). The molecule has 0 bridgehead atoms. The third-order valence-corrected chi connectivity index (χ3v) is 6.67. The highest BCUT2D eigenvalue weighted by molar-refractivity contribution is 6.51. The van der Waals surface area contributed by atoms with Gasteiger partial charge in [0.1, 0.15) is 17.6 Å². The predicted molar refractivity (Wildman–Crippen MR) is 143 cm³/mol. The lowest BCUT2D eigenvalue weighted by molar-refractivity contribution is -0.132. The Hall–Kier alpha value is -4.39. The fourth-order valence-corrected chi connectivity index (χ4v) is 5.04. The van der Waals surface area contributed by atoms with E-state index in [1.807, 2.05) is 38.1 Å². The van der Waals surface area contributed by atoms with Crippen molar-refractivity contribution < 1.29 is 29.0 Å². The molecule has 2 aliphatic heterocycles. The van der Waals surface area contributed by atoms with Gasteiger partial charge >= 0.3 is 5.97 Å². The number of amides is 1. The number of aryl methyl sites for hydroxylation is 1. The molecule has 194 valence electrons. The summed E-state index contributed by atoms with van der Waals surface area (Å²) < 4.78 is 11.1. The van der Waals surface area contributed by atoms with Crippen molar-refractivity contribution >= 4 is 29.1 Å². The first-order chi connectivity index (χ1) is 18.1. The summed E-state index contributed by atoms with van der Waals surface area (Å²) >= 11 is 0. The number of benzene rings is 3. The molecule has 38 heavy (non-hydrogen) atoms. The highest BCUT2D eigenvalue weighted by Crippen LogP contribution is 2.43. The second kappa shape index (κ2) is 9.82. The Morgan fingerprint density at radius 2 is 1.79 bits per heavy atom. The number of aliphatic hydroxyl groups is 1. The van der Waals surface area contributed by atoms with Crippen LogP contribution in [0.3, 0.4) is 0 Å². The topological polar surface area (TPSA) is 93.1 Å². The lowest BCUT2D eigenvalue weighted by Crippen LogP contribution is -2.29. The van der Waals surface area contributed by atoms with Crippen LogP contribution in [0, 0.1) is 6.92 Å². The van der Waals surface area contributed by atoms with Crippen molar-refractivity contribution in [3.05, 3.63) is 100 Å². The molecule has 0 saturated carbocycles. The summed E-state index contributed by atoms with van der Waals surface area (Å²) in [6.45, 7) is 7.39. The Bertz CT molecular complexity index is 1490. The van der Waals surface area contributed by atoms with Crippen molar-refractivity contribution in [1.82, 2.24) is 0 Å². The van der Waals surface area contributed by atoms with Crippen LogP contribution in [0.5, 0.6) is 5.75 Å². The van der Waals surface area contributed by atoms with Crippen molar-refractivity contribution in [3.63, 3.8) is 0 Å². The van der Waals surface area contributed by atoms with E-state index >= 15 is 0 Å². The summed E-state index contributed by atoms with van der Waals surface area (Å²) in [7, 11) is 0. The number of aliphatic hydroxyl groups excluding tert-OH is 1. The SMILES string of the molecule is Cc1cccc(C2/C(=C(/O)c3ccc4c(c3)CC(C)O4)C(=O)C(=O)N2c2cccc(C(=O)OC(C)C)c2)c1. The van der Waals surface area contributed by atoms with Gasteiger partial charge in [0, 0.05) is 17.7 Å². The zero-order chi connectivity index (χ0) is 27.1. The van der Waals surface area contributed by atoms with Gasteiger partial charge in [0.25, 0.3) is 11.7 Å². The van der Waals surface area contributed by atoms with Crippen LogP contribution in [-0.2, 0) is 20.7 Å². The predicted octanol–water partition coefficient (Wildman–Crippen LogP) is 5.51. The van der Waals surface area contributed by atoms with E-state index in [2.05, 4.69) is 0 Å². The molecule has 3 aromatic rings. The number of rotatable bonds is 5. The largest absolute Gasteiger partial charge is 0.507 e. The van der Waals surface area contributed by atoms with Crippen molar-refractivity contribution in [2.45, 2.75) is 52.4 Å². The van der Waals surface area contributed by atoms with Crippen molar-refractivity contribution in [2.24, 2.45) is 0 Å². The van der Waals surface area contributed by atoms with E-state index in [1.54, 1.807) is 50.2 Å². The number of esters is 1. The van der Waals surface area contributed by atoms with Crippen LogP contribution in [0.4, 0.5) is 5.69 Å².